The molecule has 2 saturated heterocycles. The van der Waals surface area contributed by atoms with Crippen molar-refractivity contribution >= 4 is 5.91 Å². The first-order valence-electron chi connectivity index (χ1n) is 8.06. The zero-order chi connectivity index (χ0) is 14.7. The molecule has 3 rings (SSSR count). The molecule has 2 heterocycles. The fourth-order valence-electron chi connectivity index (χ4n) is 3.81. The van der Waals surface area contributed by atoms with Crippen LogP contribution in [0.5, 0.6) is 0 Å². The summed E-state index contributed by atoms with van der Waals surface area (Å²) >= 11 is 0. The number of amides is 1. The molecule has 0 aromatic heterocycles. The van der Waals surface area contributed by atoms with Crippen LogP contribution in [0.15, 0.2) is 30.3 Å². The number of hydrogen-bond donors (Lipinski definition) is 2. The fraction of sp³-hybridized carbons (Fsp3) is 0.588. The number of carbonyl (C=O) groups excluding carboxylic acids is 1. The van der Waals surface area contributed by atoms with Crippen molar-refractivity contribution in [2.75, 3.05) is 19.6 Å². The molecular formula is C17H25N3O. The lowest BCUT2D eigenvalue weighted by Gasteiger charge is -2.44. The van der Waals surface area contributed by atoms with Gasteiger partial charge in [-0.15, -0.1) is 0 Å². The van der Waals surface area contributed by atoms with E-state index in [1.807, 2.05) is 0 Å². The molecule has 2 aliphatic heterocycles. The minimum Gasteiger partial charge on any atom is -0.353 e. The Balaban J connectivity index is 1.71. The first-order chi connectivity index (χ1) is 10.3. The number of rotatable bonds is 4. The van der Waals surface area contributed by atoms with Crippen molar-refractivity contribution in [1.29, 1.82) is 0 Å². The maximum absolute atomic E-state index is 11.5. The molecular weight excluding hydrogens is 262 g/mol. The first kappa shape index (κ1) is 14.5. The number of carbonyl (C=O) groups is 1. The average Bonchev–Trinajstić information content (AvgIpc) is 2.53. The fourth-order valence-corrected chi connectivity index (χ4v) is 3.81. The number of likely N-dealkylation sites (tertiary alicyclic amines) is 1. The molecule has 3 unspecified atom stereocenters. The Bertz CT molecular complexity index is 476. The summed E-state index contributed by atoms with van der Waals surface area (Å²) in [6.45, 7) is 2.83. The lowest BCUT2D eigenvalue weighted by Crippen LogP contribution is -2.54. The summed E-state index contributed by atoms with van der Waals surface area (Å²) in [5.74, 6) is 0.826. The minimum atomic E-state index is 0.228. The lowest BCUT2D eigenvalue weighted by atomic mass is 9.84. The topological polar surface area (TPSA) is 58.4 Å². The van der Waals surface area contributed by atoms with Gasteiger partial charge in [-0.1, -0.05) is 30.3 Å². The van der Waals surface area contributed by atoms with Crippen molar-refractivity contribution in [1.82, 2.24) is 10.2 Å². The molecule has 21 heavy (non-hydrogen) atoms. The Hall–Kier alpha value is -1.39. The van der Waals surface area contributed by atoms with E-state index in [9.17, 15) is 4.79 Å². The van der Waals surface area contributed by atoms with Crippen LogP contribution in [-0.2, 0) is 4.79 Å². The second kappa shape index (κ2) is 6.58. The van der Waals surface area contributed by atoms with Gasteiger partial charge >= 0.3 is 0 Å². The van der Waals surface area contributed by atoms with E-state index >= 15 is 0 Å². The normalized spacial score (nSPS) is 27.8. The molecule has 3 atom stereocenters. The Labute approximate surface area is 126 Å². The van der Waals surface area contributed by atoms with Gasteiger partial charge in [0.2, 0.25) is 5.91 Å². The number of piperidine rings is 2. The molecule has 4 nitrogen and oxygen atoms in total. The van der Waals surface area contributed by atoms with Gasteiger partial charge in [0.15, 0.2) is 0 Å². The van der Waals surface area contributed by atoms with Crippen LogP contribution in [0.1, 0.15) is 37.3 Å². The van der Waals surface area contributed by atoms with Crippen LogP contribution in [-0.4, -0.2) is 36.5 Å². The van der Waals surface area contributed by atoms with E-state index in [1.54, 1.807) is 0 Å². The van der Waals surface area contributed by atoms with Crippen LogP contribution in [0.25, 0.3) is 0 Å². The van der Waals surface area contributed by atoms with E-state index in [4.69, 9.17) is 5.73 Å². The van der Waals surface area contributed by atoms with Gasteiger partial charge in [-0.2, -0.15) is 0 Å². The Kier molecular flexibility index (Phi) is 4.56. The highest BCUT2D eigenvalue weighted by molar-refractivity contribution is 5.77. The molecule has 0 spiro atoms. The van der Waals surface area contributed by atoms with Crippen LogP contribution < -0.4 is 11.1 Å². The van der Waals surface area contributed by atoms with Crippen LogP contribution in [0.2, 0.25) is 0 Å². The maximum atomic E-state index is 11.5. The van der Waals surface area contributed by atoms with E-state index in [-0.39, 0.29) is 5.91 Å². The van der Waals surface area contributed by atoms with Crippen molar-refractivity contribution < 1.29 is 4.79 Å². The van der Waals surface area contributed by atoms with Crippen molar-refractivity contribution in [3.8, 4) is 0 Å². The minimum absolute atomic E-state index is 0.228. The Morgan fingerprint density at radius 2 is 2.10 bits per heavy atom. The van der Waals surface area contributed by atoms with E-state index in [0.717, 1.165) is 32.4 Å². The van der Waals surface area contributed by atoms with Crippen molar-refractivity contribution in [2.24, 2.45) is 11.7 Å². The number of nitrogens with zero attached hydrogens (tertiary/aromatic N) is 1. The third-order valence-corrected chi connectivity index (χ3v) is 4.92. The summed E-state index contributed by atoms with van der Waals surface area (Å²) in [6.07, 6.45) is 3.76. The Morgan fingerprint density at radius 3 is 2.86 bits per heavy atom. The third kappa shape index (κ3) is 3.27. The number of benzene rings is 1. The standard InChI is InChI=1S/C17H25N3O/c18-10-8-16(13-4-2-1-3-5-13)20-11-9-15-14(12-20)6-7-17(21)19-15/h1-5,14-16H,6-12,18H2,(H,19,21). The molecule has 2 fully saturated rings. The van der Waals surface area contributed by atoms with Gasteiger partial charge in [0, 0.05) is 31.6 Å². The van der Waals surface area contributed by atoms with Gasteiger partial charge in [0.25, 0.3) is 0 Å². The predicted molar refractivity (Wildman–Crippen MR) is 83.7 cm³/mol. The van der Waals surface area contributed by atoms with E-state index in [0.29, 0.717) is 31.0 Å². The van der Waals surface area contributed by atoms with E-state index < -0.39 is 0 Å². The zero-order valence-corrected chi connectivity index (χ0v) is 12.5. The van der Waals surface area contributed by atoms with Crippen molar-refractivity contribution in [3.63, 3.8) is 0 Å². The predicted octanol–water partition coefficient (Wildman–Crippen LogP) is 1.68. The van der Waals surface area contributed by atoms with Gasteiger partial charge in [-0.3, -0.25) is 9.69 Å². The highest BCUT2D eigenvalue weighted by Gasteiger charge is 2.35. The second-order valence-corrected chi connectivity index (χ2v) is 6.26. The van der Waals surface area contributed by atoms with E-state index in [2.05, 4.69) is 40.5 Å². The van der Waals surface area contributed by atoms with E-state index in [1.165, 1.54) is 5.56 Å². The molecule has 1 aromatic rings. The molecule has 1 amide bonds. The van der Waals surface area contributed by atoms with Gasteiger partial charge < -0.3 is 11.1 Å². The van der Waals surface area contributed by atoms with Gasteiger partial charge in [0.1, 0.15) is 0 Å². The van der Waals surface area contributed by atoms with Crippen LogP contribution in [0.3, 0.4) is 0 Å². The quantitative estimate of drug-likeness (QED) is 0.886. The van der Waals surface area contributed by atoms with Gasteiger partial charge in [-0.05, 0) is 37.3 Å². The summed E-state index contributed by atoms with van der Waals surface area (Å²) in [4.78, 5) is 14.1. The third-order valence-electron chi connectivity index (χ3n) is 4.92. The molecule has 4 heteroatoms. The van der Waals surface area contributed by atoms with Gasteiger partial charge in [0.05, 0.1) is 0 Å². The molecule has 0 bridgehead atoms. The summed E-state index contributed by atoms with van der Waals surface area (Å²) < 4.78 is 0. The smallest absolute Gasteiger partial charge is 0.220 e. The number of nitrogens with one attached hydrogen (secondary N) is 1. The average molecular weight is 287 g/mol. The molecule has 0 radical (unpaired) electrons. The molecule has 3 N–H and O–H groups in total. The second-order valence-electron chi connectivity index (χ2n) is 6.26. The zero-order valence-electron chi connectivity index (χ0n) is 12.5. The summed E-state index contributed by atoms with van der Waals surface area (Å²) in [5.41, 5.74) is 7.20. The molecule has 2 aliphatic rings. The van der Waals surface area contributed by atoms with Crippen LogP contribution >= 0.6 is 0 Å². The van der Waals surface area contributed by atoms with Gasteiger partial charge in [-0.25, -0.2) is 0 Å². The monoisotopic (exact) mass is 287 g/mol. The summed E-state index contributed by atoms with van der Waals surface area (Å²) in [7, 11) is 0. The molecule has 0 saturated carbocycles. The largest absolute Gasteiger partial charge is 0.353 e. The molecule has 114 valence electrons. The van der Waals surface area contributed by atoms with Crippen LogP contribution in [0.4, 0.5) is 0 Å². The highest BCUT2D eigenvalue weighted by Crippen LogP contribution is 2.32. The molecule has 0 aliphatic carbocycles. The van der Waals surface area contributed by atoms with Crippen molar-refractivity contribution in [2.45, 2.75) is 37.8 Å². The maximum Gasteiger partial charge on any atom is 0.220 e. The highest BCUT2D eigenvalue weighted by atomic mass is 16.1. The molecule has 1 aromatic carbocycles. The summed E-state index contributed by atoms with van der Waals surface area (Å²) in [6, 6.07) is 11.5. The number of nitrogens with two attached hydrogens (primary N) is 1. The first-order valence-corrected chi connectivity index (χ1v) is 8.06. The Morgan fingerprint density at radius 1 is 1.29 bits per heavy atom. The SMILES string of the molecule is NCCC(c1ccccc1)N1CCC2NC(=O)CCC2C1. The summed E-state index contributed by atoms with van der Waals surface area (Å²) in [5, 5.41) is 3.16. The van der Waals surface area contributed by atoms with Crippen molar-refractivity contribution in [3.05, 3.63) is 35.9 Å². The van der Waals surface area contributed by atoms with Crippen LogP contribution in [0, 0.1) is 5.92 Å². The lowest BCUT2D eigenvalue weighted by molar-refractivity contribution is -0.125. The number of hydrogen-bond acceptors (Lipinski definition) is 3. The number of fused-ring (bicyclic) bond motifs is 1.